The number of pyridine rings is 1. The molecule has 0 saturated heterocycles. The summed E-state index contributed by atoms with van der Waals surface area (Å²) in [6.07, 6.45) is 3.07. The number of rotatable bonds is 0. The highest BCUT2D eigenvalue weighted by Gasteiger charge is 1.95. The first-order valence-corrected chi connectivity index (χ1v) is 4.13. The first-order chi connectivity index (χ1) is 6.79. The van der Waals surface area contributed by atoms with Gasteiger partial charge >= 0.3 is 0 Å². The quantitative estimate of drug-likeness (QED) is 0.573. The van der Waals surface area contributed by atoms with Crippen LogP contribution in [0, 0.1) is 19.0 Å². The third kappa shape index (κ3) is 1.57. The Labute approximate surface area is 81.6 Å². The van der Waals surface area contributed by atoms with Crippen molar-refractivity contribution in [2.75, 3.05) is 0 Å². The fraction of sp³-hybridized carbons (Fsp3) is 0. The summed E-state index contributed by atoms with van der Waals surface area (Å²) < 4.78 is 11.8. The molecule has 0 saturated carbocycles. The largest absolute Gasteiger partial charge is 0.256 e. The molecule has 0 atom stereocenters. The molecule has 0 bridgehead atoms. The minimum atomic E-state index is 0.646. The molecule has 0 spiro atoms. The second-order valence-electron chi connectivity index (χ2n) is 2.97. The van der Waals surface area contributed by atoms with Gasteiger partial charge in [0.15, 0.2) is 0 Å². The van der Waals surface area contributed by atoms with Crippen LogP contribution < -0.4 is 0 Å². The molecule has 1 aromatic carbocycles. The van der Waals surface area contributed by atoms with E-state index in [0.29, 0.717) is 5.56 Å². The smallest absolute Gasteiger partial charge is 0.111 e. The number of benzene rings is 1. The van der Waals surface area contributed by atoms with Gasteiger partial charge in [-0.25, -0.2) is 0 Å². The van der Waals surface area contributed by atoms with Gasteiger partial charge < -0.3 is 0 Å². The molecule has 1 nitrogen and oxygen atoms in total. The Morgan fingerprint density at radius 1 is 1.29 bits per heavy atom. The molecular formula is C12H7FN. The summed E-state index contributed by atoms with van der Waals surface area (Å²) in [5.41, 5.74) is 2.34. The first-order valence-electron chi connectivity index (χ1n) is 4.13. The SMILES string of the molecule is [CH2]c1cnc2ccc(C#CF)cc2c1. The second-order valence-corrected chi connectivity index (χ2v) is 2.97. The molecule has 2 heteroatoms. The molecule has 0 aliphatic rings. The maximum absolute atomic E-state index is 11.8. The van der Waals surface area contributed by atoms with Crippen molar-refractivity contribution < 1.29 is 4.39 Å². The maximum Gasteiger partial charge on any atom is 0.111 e. The molecule has 0 amide bonds. The summed E-state index contributed by atoms with van der Waals surface area (Å²) in [6, 6.07) is 7.24. The molecule has 1 radical (unpaired) electrons. The molecule has 1 aromatic heterocycles. The second kappa shape index (κ2) is 3.47. The van der Waals surface area contributed by atoms with Crippen molar-refractivity contribution in [1.82, 2.24) is 4.98 Å². The van der Waals surface area contributed by atoms with Crippen molar-refractivity contribution in [1.29, 1.82) is 0 Å². The lowest BCUT2D eigenvalue weighted by atomic mass is 10.1. The molecule has 2 aromatic rings. The minimum Gasteiger partial charge on any atom is -0.256 e. The van der Waals surface area contributed by atoms with Crippen molar-refractivity contribution in [2.45, 2.75) is 0 Å². The Morgan fingerprint density at radius 2 is 2.14 bits per heavy atom. The third-order valence-electron chi connectivity index (χ3n) is 1.93. The van der Waals surface area contributed by atoms with Crippen LogP contribution in [-0.4, -0.2) is 4.98 Å². The summed E-state index contributed by atoms with van der Waals surface area (Å²) in [5.74, 6) is 2.35. The fourth-order valence-corrected chi connectivity index (χ4v) is 1.31. The highest BCUT2D eigenvalue weighted by molar-refractivity contribution is 5.80. The Hall–Kier alpha value is -1.88. The lowest BCUT2D eigenvalue weighted by Gasteiger charge is -1.98. The average molecular weight is 184 g/mol. The van der Waals surface area contributed by atoms with Crippen LogP contribution >= 0.6 is 0 Å². The van der Waals surface area contributed by atoms with Crippen LogP contribution in [0.2, 0.25) is 0 Å². The van der Waals surface area contributed by atoms with Gasteiger partial charge in [-0.1, -0.05) is 0 Å². The maximum atomic E-state index is 11.8. The van der Waals surface area contributed by atoms with Gasteiger partial charge in [-0.2, -0.15) is 0 Å². The molecule has 67 valence electrons. The zero-order valence-electron chi connectivity index (χ0n) is 7.42. The molecule has 0 aliphatic heterocycles. The van der Waals surface area contributed by atoms with E-state index in [4.69, 9.17) is 0 Å². The van der Waals surface area contributed by atoms with E-state index in [-0.39, 0.29) is 0 Å². The van der Waals surface area contributed by atoms with Crippen molar-refractivity contribution in [3.63, 3.8) is 0 Å². The first kappa shape index (κ1) is 8.71. The molecule has 0 aliphatic carbocycles. The summed E-state index contributed by atoms with van der Waals surface area (Å²) >= 11 is 0. The Morgan fingerprint density at radius 3 is 2.93 bits per heavy atom. The molecule has 1 heterocycles. The van der Waals surface area contributed by atoms with Crippen LogP contribution in [-0.2, 0) is 0 Å². The lowest BCUT2D eigenvalue weighted by Crippen LogP contribution is -1.82. The van der Waals surface area contributed by atoms with Crippen LogP contribution in [0.5, 0.6) is 0 Å². The van der Waals surface area contributed by atoms with Crippen LogP contribution in [0.4, 0.5) is 4.39 Å². The van der Waals surface area contributed by atoms with Crippen molar-refractivity contribution in [2.24, 2.45) is 0 Å². The number of halogens is 1. The van der Waals surface area contributed by atoms with E-state index in [9.17, 15) is 4.39 Å². The molecule has 0 N–H and O–H groups in total. The van der Waals surface area contributed by atoms with E-state index in [1.165, 1.54) is 6.17 Å². The van der Waals surface area contributed by atoms with Gasteiger partial charge in [0.1, 0.15) is 6.17 Å². The van der Waals surface area contributed by atoms with Crippen LogP contribution in [0.3, 0.4) is 0 Å². The van der Waals surface area contributed by atoms with Gasteiger partial charge in [-0.05, 0) is 42.7 Å². The molecular weight excluding hydrogens is 177 g/mol. The highest BCUT2D eigenvalue weighted by atomic mass is 19.1. The van der Waals surface area contributed by atoms with Crippen molar-refractivity contribution >= 4 is 10.9 Å². The third-order valence-corrected chi connectivity index (χ3v) is 1.93. The zero-order chi connectivity index (χ0) is 9.97. The summed E-state index contributed by atoms with van der Waals surface area (Å²) in [4.78, 5) is 4.18. The summed E-state index contributed by atoms with van der Waals surface area (Å²) in [6.45, 7) is 3.77. The van der Waals surface area contributed by atoms with E-state index >= 15 is 0 Å². The van der Waals surface area contributed by atoms with Gasteiger partial charge in [0.2, 0.25) is 0 Å². The van der Waals surface area contributed by atoms with E-state index in [1.54, 1.807) is 18.3 Å². The van der Waals surface area contributed by atoms with Crippen LogP contribution in [0.1, 0.15) is 11.1 Å². The van der Waals surface area contributed by atoms with Gasteiger partial charge in [-0.3, -0.25) is 4.98 Å². The Kier molecular flexibility index (Phi) is 2.16. The van der Waals surface area contributed by atoms with Crippen LogP contribution in [0.15, 0.2) is 30.5 Å². The van der Waals surface area contributed by atoms with E-state index < -0.39 is 0 Å². The lowest BCUT2D eigenvalue weighted by molar-refractivity contribution is 0.774. The van der Waals surface area contributed by atoms with E-state index in [0.717, 1.165) is 16.5 Å². The van der Waals surface area contributed by atoms with Gasteiger partial charge in [0.05, 0.1) is 5.52 Å². The van der Waals surface area contributed by atoms with E-state index in [1.807, 2.05) is 12.1 Å². The van der Waals surface area contributed by atoms with E-state index in [2.05, 4.69) is 17.8 Å². The summed E-state index contributed by atoms with van der Waals surface area (Å²) in [5, 5.41) is 0.928. The monoisotopic (exact) mass is 184 g/mol. The summed E-state index contributed by atoms with van der Waals surface area (Å²) in [7, 11) is 0. The number of aromatic nitrogens is 1. The van der Waals surface area contributed by atoms with Crippen molar-refractivity contribution in [3.8, 4) is 12.1 Å². The predicted molar refractivity (Wildman–Crippen MR) is 54.2 cm³/mol. The predicted octanol–water partition coefficient (Wildman–Crippen LogP) is 2.70. The van der Waals surface area contributed by atoms with Gasteiger partial charge in [0, 0.05) is 17.1 Å². The standard InChI is InChI=1S/C12H7FN/c1-9-6-11-7-10(4-5-13)2-3-12(11)14-8-9/h2-3,6-8H,1H2. The molecule has 14 heavy (non-hydrogen) atoms. The number of fused-ring (bicyclic) bond motifs is 1. The number of hydrogen-bond donors (Lipinski definition) is 0. The Bertz CT molecular complexity index is 535. The van der Waals surface area contributed by atoms with Crippen molar-refractivity contribution in [3.05, 3.63) is 48.5 Å². The highest BCUT2D eigenvalue weighted by Crippen LogP contribution is 2.14. The average Bonchev–Trinajstić information content (AvgIpc) is 2.17. The van der Waals surface area contributed by atoms with Crippen LogP contribution in [0.25, 0.3) is 10.9 Å². The molecule has 0 unspecified atom stereocenters. The van der Waals surface area contributed by atoms with Gasteiger partial charge in [-0.15, -0.1) is 4.39 Å². The number of hydrogen-bond acceptors (Lipinski definition) is 1. The Balaban J connectivity index is 2.67. The zero-order valence-corrected chi connectivity index (χ0v) is 7.42. The fourth-order valence-electron chi connectivity index (χ4n) is 1.31. The van der Waals surface area contributed by atoms with Gasteiger partial charge in [0.25, 0.3) is 0 Å². The molecule has 0 fully saturated rings. The minimum absolute atomic E-state index is 0.646. The normalized spacial score (nSPS) is 9.57. The number of nitrogens with zero attached hydrogens (tertiary/aromatic N) is 1. The molecule has 2 rings (SSSR count). The topological polar surface area (TPSA) is 12.9 Å².